The maximum atomic E-state index is 13.0. The molecule has 0 unspecified atom stereocenters. The maximum Gasteiger partial charge on any atom is 0.325 e. The zero-order chi connectivity index (χ0) is 22.0. The molecule has 7 heteroatoms. The lowest BCUT2D eigenvalue weighted by molar-refractivity contribution is -0.133. The highest BCUT2D eigenvalue weighted by Crippen LogP contribution is 2.27. The number of methoxy groups -OCH3 is 1. The summed E-state index contributed by atoms with van der Waals surface area (Å²) in [6, 6.07) is 20.1. The average molecular weight is 417 g/mol. The summed E-state index contributed by atoms with van der Waals surface area (Å²) < 4.78 is 5.35. The Morgan fingerprint density at radius 2 is 1.74 bits per heavy atom. The number of nitrogens with one attached hydrogen (secondary N) is 2. The Morgan fingerprint density at radius 3 is 2.52 bits per heavy atom. The van der Waals surface area contributed by atoms with Crippen LogP contribution in [0.25, 0.3) is 10.8 Å². The number of para-hydroxylation sites is 1. The summed E-state index contributed by atoms with van der Waals surface area (Å²) in [5, 5.41) is 7.53. The van der Waals surface area contributed by atoms with Gasteiger partial charge in [-0.2, -0.15) is 0 Å². The maximum absolute atomic E-state index is 13.0. The Hall–Kier alpha value is -3.87. The van der Waals surface area contributed by atoms with Crippen molar-refractivity contribution in [2.45, 2.75) is 18.9 Å². The van der Waals surface area contributed by atoms with Crippen LogP contribution in [0.1, 0.15) is 12.5 Å². The number of carbonyl (C=O) groups is 3. The number of carbonyl (C=O) groups excluding carboxylic acids is 3. The third kappa shape index (κ3) is 4.07. The summed E-state index contributed by atoms with van der Waals surface area (Å²) in [5.41, 5.74) is 0.241. The first-order valence-electron chi connectivity index (χ1n) is 9.94. The van der Waals surface area contributed by atoms with Crippen LogP contribution in [-0.2, 0) is 16.0 Å². The van der Waals surface area contributed by atoms with Crippen molar-refractivity contribution in [3.8, 4) is 5.75 Å². The molecule has 0 saturated carbocycles. The Labute approximate surface area is 180 Å². The van der Waals surface area contributed by atoms with Crippen molar-refractivity contribution in [2.24, 2.45) is 0 Å². The topological polar surface area (TPSA) is 87.7 Å². The second kappa shape index (κ2) is 8.10. The van der Waals surface area contributed by atoms with Crippen LogP contribution >= 0.6 is 0 Å². The highest BCUT2D eigenvalue weighted by molar-refractivity contribution is 6.10. The molecule has 1 aliphatic heterocycles. The second-order valence-corrected chi connectivity index (χ2v) is 7.75. The smallest absolute Gasteiger partial charge is 0.325 e. The number of imide groups is 1. The zero-order valence-electron chi connectivity index (χ0n) is 17.3. The summed E-state index contributed by atoms with van der Waals surface area (Å²) in [5.74, 6) is -0.254. The van der Waals surface area contributed by atoms with Crippen molar-refractivity contribution in [1.29, 1.82) is 0 Å². The number of urea groups is 1. The van der Waals surface area contributed by atoms with E-state index in [4.69, 9.17) is 4.74 Å². The Bertz CT molecular complexity index is 1180. The molecule has 1 atom stereocenters. The largest absolute Gasteiger partial charge is 0.496 e. The number of amides is 4. The average Bonchev–Trinajstić information content (AvgIpc) is 2.96. The molecule has 1 fully saturated rings. The van der Waals surface area contributed by atoms with E-state index in [2.05, 4.69) is 10.6 Å². The highest BCUT2D eigenvalue weighted by Gasteiger charge is 2.48. The van der Waals surface area contributed by atoms with E-state index in [1.54, 1.807) is 26.2 Å². The first-order chi connectivity index (χ1) is 14.9. The first-order valence-corrected chi connectivity index (χ1v) is 9.94. The molecule has 4 rings (SSSR count). The number of hydrogen-bond donors (Lipinski definition) is 2. The molecule has 1 heterocycles. The number of rotatable bonds is 6. The number of benzene rings is 3. The van der Waals surface area contributed by atoms with Gasteiger partial charge in [-0.05, 0) is 41.5 Å². The number of hydrogen-bond acceptors (Lipinski definition) is 4. The molecule has 7 nitrogen and oxygen atoms in total. The van der Waals surface area contributed by atoms with Gasteiger partial charge in [0.05, 0.1) is 7.11 Å². The van der Waals surface area contributed by atoms with E-state index in [1.165, 1.54) is 0 Å². The second-order valence-electron chi connectivity index (χ2n) is 7.75. The van der Waals surface area contributed by atoms with E-state index in [-0.39, 0.29) is 13.0 Å². The summed E-state index contributed by atoms with van der Waals surface area (Å²) in [7, 11) is 1.56. The third-order valence-electron chi connectivity index (χ3n) is 5.42. The van der Waals surface area contributed by atoms with Crippen molar-refractivity contribution in [2.75, 3.05) is 19.0 Å². The molecule has 0 spiro atoms. The van der Waals surface area contributed by atoms with Gasteiger partial charge in [0.15, 0.2) is 0 Å². The predicted octanol–water partition coefficient (Wildman–Crippen LogP) is 3.34. The standard InChI is InChI=1S/C24H23N3O4/c1-24(14-18-9-5-6-10-20(18)31-2)22(29)27(23(30)26-24)15-21(28)25-19-12-11-16-7-3-4-8-17(16)13-19/h3-13H,14-15H2,1-2H3,(H,25,28)(H,26,30)/t24-/m0/s1. The van der Waals surface area contributed by atoms with Gasteiger partial charge in [-0.25, -0.2) is 4.79 Å². The molecule has 0 aromatic heterocycles. The van der Waals surface area contributed by atoms with Gasteiger partial charge in [-0.15, -0.1) is 0 Å². The van der Waals surface area contributed by atoms with Crippen LogP contribution in [0.2, 0.25) is 0 Å². The zero-order valence-corrected chi connectivity index (χ0v) is 17.3. The van der Waals surface area contributed by atoms with E-state index < -0.39 is 23.4 Å². The van der Waals surface area contributed by atoms with Crippen LogP contribution in [-0.4, -0.2) is 41.9 Å². The quantitative estimate of drug-likeness (QED) is 0.602. The fourth-order valence-corrected chi connectivity index (χ4v) is 3.85. The monoisotopic (exact) mass is 417 g/mol. The molecule has 0 aliphatic carbocycles. The fraction of sp³-hybridized carbons (Fsp3) is 0.208. The van der Waals surface area contributed by atoms with Crippen molar-refractivity contribution in [1.82, 2.24) is 10.2 Å². The van der Waals surface area contributed by atoms with Crippen molar-refractivity contribution in [3.63, 3.8) is 0 Å². The first kappa shape index (κ1) is 20.4. The molecule has 31 heavy (non-hydrogen) atoms. The molecule has 158 valence electrons. The molecule has 0 bridgehead atoms. The summed E-state index contributed by atoms with van der Waals surface area (Å²) in [6.45, 7) is 1.29. The van der Waals surface area contributed by atoms with Crippen molar-refractivity contribution >= 4 is 34.3 Å². The number of anilines is 1. The fourth-order valence-electron chi connectivity index (χ4n) is 3.85. The van der Waals surface area contributed by atoms with Crippen LogP contribution in [0.15, 0.2) is 66.7 Å². The molecule has 4 amide bonds. The Kier molecular flexibility index (Phi) is 5.33. The lowest BCUT2D eigenvalue weighted by Crippen LogP contribution is -2.46. The summed E-state index contributed by atoms with van der Waals surface area (Å²) in [6.07, 6.45) is 0.254. The van der Waals surface area contributed by atoms with Crippen LogP contribution in [0.3, 0.4) is 0 Å². The van der Waals surface area contributed by atoms with E-state index in [0.717, 1.165) is 21.2 Å². The van der Waals surface area contributed by atoms with Gasteiger partial charge in [0.2, 0.25) is 5.91 Å². The van der Waals surface area contributed by atoms with Gasteiger partial charge in [0.25, 0.3) is 5.91 Å². The van der Waals surface area contributed by atoms with Crippen LogP contribution in [0, 0.1) is 0 Å². The molecule has 0 radical (unpaired) electrons. The highest BCUT2D eigenvalue weighted by atomic mass is 16.5. The minimum Gasteiger partial charge on any atom is -0.496 e. The van der Waals surface area contributed by atoms with E-state index in [9.17, 15) is 14.4 Å². The SMILES string of the molecule is COc1ccccc1C[C@]1(C)NC(=O)N(CC(=O)Nc2ccc3ccccc3c2)C1=O. The van der Waals surface area contributed by atoms with Crippen molar-refractivity contribution < 1.29 is 19.1 Å². The molecule has 3 aromatic rings. The van der Waals surface area contributed by atoms with Gasteiger partial charge in [0.1, 0.15) is 17.8 Å². The lowest BCUT2D eigenvalue weighted by atomic mass is 9.92. The molecule has 2 N–H and O–H groups in total. The molecule has 3 aromatic carbocycles. The van der Waals surface area contributed by atoms with Crippen molar-refractivity contribution in [3.05, 3.63) is 72.3 Å². The normalized spacial score (nSPS) is 18.2. The summed E-state index contributed by atoms with van der Waals surface area (Å²) in [4.78, 5) is 39.0. The molecular weight excluding hydrogens is 394 g/mol. The Morgan fingerprint density at radius 1 is 1.03 bits per heavy atom. The van der Waals surface area contributed by atoms with Gasteiger partial charge >= 0.3 is 6.03 Å². The molecule has 1 saturated heterocycles. The van der Waals surface area contributed by atoms with Crippen LogP contribution in [0.4, 0.5) is 10.5 Å². The molecular formula is C24H23N3O4. The van der Waals surface area contributed by atoms with Gasteiger partial charge in [0, 0.05) is 12.1 Å². The minimum absolute atomic E-state index is 0.254. The lowest BCUT2D eigenvalue weighted by Gasteiger charge is -2.22. The summed E-state index contributed by atoms with van der Waals surface area (Å²) >= 11 is 0. The Balaban J connectivity index is 1.46. The predicted molar refractivity (Wildman–Crippen MR) is 118 cm³/mol. The van der Waals surface area contributed by atoms with Gasteiger partial charge < -0.3 is 15.4 Å². The van der Waals surface area contributed by atoms with E-state index in [1.807, 2.05) is 54.6 Å². The number of ether oxygens (including phenoxy) is 1. The van der Waals surface area contributed by atoms with Crippen LogP contribution < -0.4 is 15.4 Å². The minimum atomic E-state index is -1.16. The number of fused-ring (bicyclic) bond motifs is 1. The van der Waals surface area contributed by atoms with E-state index >= 15 is 0 Å². The van der Waals surface area contributed by atoms with Gasteiger partial charge in [-0.3, -0.25) is 14.5 Å². The van der Waals surface area contributed by atoms with Gasteiger partial charge in [-0.1, -0.05) is 48.5 Å². The molecule has 1 aliphatic rings. The van der Waals surface area contributed by atoms with E-state index in [0.29, 0.717) is 11.4 Å². The number of nitrogens with zero attached hydrogens (tertiary/aromatic N) is 1. The third-order valence-corrected chi connectivity index (χ3v) is 5.42. The van der Waals surface area contributed by atoms with Crippen LogP contribution in [0.5, 0.6) is 5.75 Å².